The molecule has 0 bridgehead atoms. The van der Waals surface area contributed by atoms with Gasteiger partial charge < -0.3 is 4.74 Å². The highest BCUT2D eigenvalue weighted by atomic mass is 32.2. The molecule has 1 unspecified atom stereocenters. The molecule has 37 heavy (non-hydrogen) atoms. The molecule has 1 aromatic heterocycles. The van der Waals surface area contributed by atoms with Crippen molar-refractivity contribution in [3.05, 3.63) is 64.5 Å². The lowest BCUT2D eigenvalue weighted by Crippen LogP contribution is -2.51. The molecule has 3 aromatic rings. The molecule has 1 aliphatic rings. The first-order chi connectivity index (χ1) is 17.5. The summed E-state index contributed by atoms with van der Waals surface area (Å²) in [4.78, 5) is 35.6. The Hall–Kier alpha value is -3.15. The summed E-state index contributed by atoms with van der Waals surface area (Å²) in [6.45, 7) is 3.56. The Morgan fingerprint density at radius 1 is 1.27 bits per heavy atom. The molecule has 1 fully saturated rings. The van der Waals surface area contributed by atoms with Crippen LogP contribution in [0.2, 0.25) is 0 Å². The number of fused-ring (bicyclic) bond motifs is 1. The van der Waals surface area contributed by atoms with Crippen molar-refractivity contribution >= 4 is 26.6 Å². The van der Waals surface area contributed by atoms with E-state index in [1.165, 1.54) is 23.9 Å². The highest BCUT2D eigenvalue weighted by molar-refractivity contribution is 7.92. The summed E-state index contributed by atoms with van der Waals surface area (Å²) in [5.74, 6) is -1.44. The summed E-state index contributed by atoms with van der Waals surface area (Å²) in [6.07, 6.45) is 3.69. The second-order valence-corrected chi connectivity index (χ2v) is 12.0. The van der Waals surface area contributed by atoms with Gasteiger partial charge in [-0.2, -0.15) is 0 Å². The molecule has 2 aromatic carbocycles. The molecule has 0 spiro atoms. The molecule has 198 valence electrons. The number of nitrogens with one attached hydrogen (secondary N) is 1. The zero-order valence-electron chi connectivity index (χ0n) is 21.0. The molecule has 11 heteroatoms. The van der Waals surface area contributed by atoms with Gasteiger partial charge in [0.05, 0.1) is 17.2 Å². The van der Waals surface area contributed by atoms with E-state index < -0.39 is 38.2 Å². The highest BCUT2D eigenvalue weighted by Gasteiger charge is 2.44. The Labute approximate surface area is 214 Å². The zero-order chi connectivity index (χ0) is 26.8. The molecule has 1 aliphatic heterocycles. The van der Waals surface area contributed by atoms with Crippen molar-refractivity contribution in [2.75, 3.05) is 12.9 Å². The van der Waals surface area contributed by atoms with Crippen LogP contribution in [0.15, 0.2) is 47.5 Å². The van der Waals surface area contributed by atoms with Gasteiger partial charge in [-0.05, 0) is 50.8 Å². The minimum atomic E-state index is -3.92. The number of aromatic nitrogens is 2. The number of hydroxylamine groups is 1. The fourth-order valence-corrected chi connectivity index (χ4v) is 4.97. The molecule has 1 saturated heterocycles. The van der Waals surface area contributed by atoms with Crippen molar-refractivity contribution in [1.82, 2.24) is 15.0 Å². The number of ether oxygens (including phenoxy) is 1. The minimum absolute atomic E-state index is 0.0548. The van der Waals surface area contributed by atoms with E-state index in [1.807, 2.05) is 19.1 Å². The first kappa shape index (κ1) is 26.9. The van der Waals surface area contributed by atoms with Gasteiger partial charge in [0.15, 0.2) is 20.9 Å². The number of rotatable bonds is 8. The van der Waals surface area contributed by atoms with Crippen molar-refractivity contribution in [2.45, 2.75) is 57.1 Å². The van der Waals surface area contributed by atoms with Gasteiger partial charge in [0, 0.05) is 31.4 Å². The van der Waals surface area contributed by atoms with Crippen molar-refractivity contribution < 1.29 is 27.2 Å². The SMILES string of the molecule is Cc1ccc(-c2cc3ncn(CC[C@](C)(C(=O)NOC4CCCCO4)S(C)(=O)=O)c(=O)c3cc2F)cc1. The molecule has 2 atom stereocenters. The van der Waals surface area contributed by atoms with E-state index in [4.69, 9.17) is 9.57 Å². The smallest absolute Gasteiger partial charge is 0.264 e. The van der Waals surface area contributed by atoms with Crippen LogP contribution in [-0.4, -0.2) is 47.8 Å². The summed E-state index contributed by atoms with van der Waals surface area (Å²) >= 11 is 0. The van der Waals surface area contributed by atoms with Crippen LogP contribution in [-0.2, 0) is 30.8 Å². The molecule has 4 rings (SSSR count). The maximum atomic E-state index is 15.0. The molecule has 0 aliphatic carbocycles. The topological polar surface area (TPSA) is 117 Å². The third-order valence-corrected chi connectivity index (χ3v) is 8.85. The molecule has 1 amide bonds. The first-order valence-corrected chi connectivity index (χ1v) is 13.9. The van der Waals surface area contributed by atoms with Gasteiger partial charge in [0.25, 0.3) is 11.5 Å². The maximum absolute atomic E-state index is 15.0. The largest absolute Gasteiger partial charge is 0.350 e. The Balaban J connectivity index is 1.56. The van der Waals surface area contributed by atoms with E-state index in [-0.39, 0.29) is 18.4 Å². The lowest BCUT2D eigenvalue weighted by Gasteiger charge is -2.28. The highest BCUT2D eigenvalue weighted by Crippen LogP contribution is 2.27. The summed E-state index contributed by atoms with van der Waals surface area (Å²) in [5, 5.41) is 0.0548. The number of nitrogens with zero attached hydrogens (tertiary/aromatic N) is 2. The Kier molecular flexibility index (Phi) is 7.77. The standard InChI is InChI=1S/C26H30FN3O6S/c1-17-7-9-18(10-8-17)19-15-22-20(14-21(19)27)24(31)30(16-28-22)12-11-26(2,37(3,33)34)25(32)29-36-23-6-4-5-13-35-23/h7-10,14-16,23H,4-6,11-13H2,1-3H3,(H,29,32)/t23?,26-/m1/s1. The number of hydrogen-bond donors (Lipinski definition) is 1. The average molecular weight is 532 g/mol. The summed E-state index contributed by atoms with van der Waals surface area (Å²) in [7, 11) is -3.92. The van der Waals surface area contributed by atoms with E-state index in [0.717, 1.165) is 30.7 Å². The van der Waals surface area contributed by atoms with Gasteiger partial charge in [-0.1, -0.05) is 29.8 Å². The number of benzene rings is 2. The molecule has 2 heterocycles. The van der Waals surface area contributed by atoms with Gasteiger partial charge in [-0.3, -0.25) is 14.2 Å². The monoisotopic (exact) mass is 531 g/mol. The summed E-state index contributed by atoms with van der Waals surface area (Å²) in [5.41, 5.74) is 4.00. The number of carbonyl (C=O) groups excluding carboxylic acids is 1. The molecule has 1 N–H and O–H groups in total. The van der Waals surface area contributed by atoms with E-state index >= 15 is 0 Å². The third kappa shape index (κ3) is 5.73. The quantitative estimate of drug-likeness (QED) is 0.444. The maximum Gasteiger partial charge on any atom is 0.264 e. The predicted molar refractivity (Wildman–Crippen MR) is 137 cm³/mol. The van der Waals surface area contributed by atoms with Crippen molar-refractivity contribution in [3.63, 3.8) is 0 Å². The number of carbonyl (C=O) groups is 1. The summed E-state index contributed by atoms with van der Waals surface area (Å²) in [6, 6.07) is 9.97. The molecule has 9 nitrogen and oxygen atoms in total. The van der Waals surface area contributed by atoms with Gasteiger partial charge >= 0.3 is 0 Å². The fourth-order valence-electron chi connectivity index (χ4n) is 4.13. The number of aryl methyl sites for hydroxylation is 2. The Morgan fingerprint density at radius 3 is 2.65 bits per heavy atom. The molecular weight excluding hydrogens is 501 g/mol. The second-order valence-electron chi connectivity index (χ2n) is 9.56. The third-order valence-electron chi connectivity index (χ3n) is 6.82. The Morgan fingerprint density at radius 2 is 2.00 bits per heavy atom. The van der Waals surface area contributed by atoms with Crippen LogP contribution in [0.1, 0.15) is 38.2 Å². The molecule has 0 saturated carbocycles. The van der Waals surface area contributed by atoms with Gasteiger partial charge in [-0.25, -0.2) is 28.1 Å². The van der Waals surface area contributed by atoms with Crippen LogP contribution >= 0.6 is 0 Å². The van der Waals surface area contributed by atoms with Crippen molar-refractivity contribution in [2.24, 2.45) is 0 Å². The normalized spacial score (nSPS) is 17.9. The van der Waals surface area contributed by atoms with Crippen LogP contribution in [0.25, 0.3) is 22.0 Å². The zero-order valence-corrected chi connectivity index (χ0v) is 21.8. The van der Waals surface area contributed by atoms with Crippen LogP contribution in [0, 0.1) is 12.7 Å². The fraction of sp³-hybridized carbons (Fsp3) is 0.423. The van der Waals surface area contributed by atoms with Crippen LogP contribution < -0.4 is 11.0 Å². The number of sulfone groups is 1. The minimum Gasteiger partial charge on any atom is -0.350 e. The Bertz CT molecular complexity index is 1470. The first-order valence-electron chi connectivity index (χ1n) is 12.0. The van der Waals surface area contributed by atoms with E-state index in [1.54, 1.807) is 12.1 Å². The number of hydrogen-bond acceptors (Lipinski definition) is 7. The second kappa shape index (κ2) is 10.7. The van der Waals surface area contributed by atoms with Crippen LogP contribution in [0.5, 0.6) is 0 Å². The number of amides is 1. The predicted octanol–water partition coefficient (Wildman–Crippen LogP) is 3.28. The van der Waals surface area contributed by atoms with Crippen LogP contribution in [0.4, 0.5) is 4.39 Å². The van der Waals surface area contributed by atoms with E-state index in [0.29, 0.717) is 29.7 Å². The van der Waals surface area contributed by atoms with Crippen LogP contribution in [0.3, 0.4) is 0 Å². The van der Waals surface area contributed by atoms with E-state index in [9.17, 15) is 22.4 Å². The molecule has 0 radical (unpaired) electrons. The average Bonchev–Trinajstić information content (AvgIpc) is 2.87. The van der Waals surface area contributed by atoms with Gasteiger partial charge in [0.1, 0.15) is 5.82 Å². The van der Waals surface area contributed by atoms with E-state index in [2.05, 4.69) is 10.5 Å². The lowest BCUT2D eigenvalue weighted by atomic mass is 10.0. The van der Waals surface area contributed by atoms with Gasteiger partial charge in [-0.15, -0.1) is 0 Å². The number of halogens is 1. The lowest BCUT2D eigenvalue weighted by molar-refractivity contribution is -0.201. The van der Waals surface area contributed by atoms with Crippen molar-refractivity contribution in [1.29, 1.82) is 0 Å². The molecular formula is C26H30FN3O6S. The van der Waals surface area contributed by atoms with Gasteiger partial charge in [0.2, 0.25) is 0 Å². The van der Waals surface area contributed by atoms with Crippen molar-refractivity contribution in [3.8, 4) is 11.1 Å². The summed E-state index contributed by atoms with van der Waals surface area (Å²) < 4.78 is 44.8.